The van der Waals surface area contributed by atoms with E-state index in [0.29, 0.717) is 6.54 Å². The molecule has 0 fully saturated rings. The van der Waals surface area contributed by atoms with Gasteiger partial charge in [-0.1, -0.05) is 39.0 Å². The van der Waals surface area contributed by atoms with Crippen molar-refractivity contribution >= 4 is 0 Å². The Bertz CT molecular complexity index is 318. The van der Waals surface area contributed by atoms with Crippen molar-refractivity contribution in [3.8, 4) is 11.8 Å². The van der Waals surface area contributed by atoms with Gasteiger partial charge >= 0.3 is 0 Å². The molecule has 1 heterocycles. The highest BCUT2D eigenvalue weighted by atomic mass is 16.3. The Labute approximate surface area is 97.7 Å². The first-order valence-electron chi connectivity index (χ1n) is 6.25. The van der Waals surface area contributed by atoms with Gasteiger partial charge in [-0.25, -0.2) is 0 Å². The summed E-state index contributed by atoms with van der Waals surface area (Å²) in [6.45, 7) is 4.71. The number of aromatic nitrogens is 1. The molecule has 0 unspecified atom stereocenters. The third kappa shape index (κ3) is 3.47. The van der Waals surface area contributed by atoms with E-state index in [2.05, 4.69) is 6.92 Å². The van der Waals surface area contributed by atoms with Gasteiger partial charge in [-0.2, -0.15) is 0 Å². The lowest BCUT2D eigenvalue weighted by Gasteiger charge is -2.06. The molecule has 1 aromatic rings. The lowest BCUT2D eigenvalue weighted by Crippen LogP contribution is -1.96. The Morgan fingerprint density at radius 1 is 1.06 bits per heavy atom. The summed E-state index contributed by atoms with van der Waals surface area (Å²) in [6.07, 6.45) is 7.28. The Kier molecular flexibility index (Phi) is 5.23. The van der Waals surface area contributed by atoms with Gasteiger partial charge in [0.05, 0.1) is 0 Å². The maximum Gasteiger partial charge on any atom is 0.196 e. The standard InChI is InChI=1S/C13H23NO2/c1-3-4-5-6-7-8-9-14-12(15)10-11(2)13(14)16/h10,15-16H,3-9H2,1-2H3. The highest BCUT2D eigenvalue weighted by molar-refractivity contribution is 5.33. The van der Waals surface area contributed by atoms with E-state index in [1.807, 2.05) is 0 Å². The number of aryl methyl sites for hydroxylation is 1. The van der Waals surface area contributed by atoms with E-state index >= 15 is 0 Å². The van der Waals surface area contributed by atoms with Crippen LogP contribution in [-0.4, -0.2) is 14.8 Å². The average Bonchev–Trinajstić information content (AvgIpc) is 2.49. The van der Waals surface area contributed by atoms with Crippen LogP contribution in [0.15, 0.2) is 6.07 Å². The van der Waals surface area contributed by atoms with Gasteiger partial charge in [-0.05, 0) is 13.3 Å². The van der Waals surface area contributed by atoms with Gasteiger partial charge in [0.1, 0.15) is 0 Å². The molecule has 0 aromatic carbocycles. The van der Waals surface area contributed by atoms with Gasteiger partial charge in [-0.3, -0.25) is 4.57 Å². The molecule has 0 spiro atoms. The van der Waals surface area contributed by atoms with Crippen molar-refractivity contribution in [1.29, 1.82) is 0 Å². The van der Waals surface area contributed by atoms with Crippen molar-refractivity contribution in [2.45, 2.75) is 58.9 Å². The first-order chi connectivity index (χ1) is 7.66. The molecule has 0 aliphatic carbocycles. The molecule has 0 aliphatic rings. The van der Waals surface area contributed by atoms with Gasteiger partial charge in [0.2, 0.25) is 0 Å². The number of hydrogen-bond acceptors (Lipinski definition) is 2. The van der Waals surface area contributed by atoms with Crippen LogP contribution >= 0.6 is 0 Å². The van der Waals surface area contributed by atoms with E-state index < -0.39 is 0 Å². The van der Waals surface area contributed by atoms with E-state index in [1.54, 1.807) is 17.6 Å². The largest absolute Gasteiger partial charge is 0.494 e. The molecule has 0 radical (unpaired) electrons. The summed E-state index contributed by atoms with van der Waals surface area (Å²) >= 11 is 0. The Morgan fingerprint density at radius 2 is 1.69 bits per heavy atom. The quantitative estimate of drug-likeness (QED) is 0.697. The molecule has 0 bridgehead atoms. The fraction of sp³-hybridized carbons (Fsp3) is 0.692. The van der Waals surface area contributed by atoms with Crippen LogP contribution in [0.1, 0.15) is 51.0 Å². The average molecular weight is 225 g/mol. The zero-order valence-electron chi connectivity index (χ0n) is 10.4. The summed E-state index contributed by atoms with van der Waals surface area (Å²) in [7, 11) is 0. The summed E-state index contributed by atoms with van der Waals surface area (Å²) in [5, 5.41) is 19.2. The summed E-state index contributed by atoms with van der Waals surface area (Å²) in [4.78, 5) is 0. The van der Waals surface area contributed by atoms with Crippen molar-refractivity contribution in [2.75, 3.05) is 0 Å². The lowest BCUT2D eigenvalue weighted by atomic mass is 10.1. The molecule has 0 amide bonds. The summed E-state index contributed by atoms with van der Waals surface area (Å²) in [5.74, 6) is 0.370. The highest BCUT2D eigenvalue weighted by Crippen LogP contribution is 2.27. The molecular weight excluding hydrogens is 202 g/mol. The summed E-state index contributed by atoms with van der Waals surface area (Å²) < 4.78 is 1.58. The van der Waals surface area contributed by atoms with E-state index in [-0.39, 0.29) is 11.8 Å². The molecule has 0 aliphatic heterocycles. The third-order valence-electron chi connectivity index (χ3n) is 2.97. The molecular formula is C13H23NO2. The third-order valence-corrected chi connectivity index (χ3v) is 2.97. The zero-order valence-corrected chi connectivity index (χ0v) is 10.4. The van der Waals surface area contributed by atoms with Gasteiger partial charge in [0.15, 0.2) is 11.8 Å². The van der Waals surface area contributed by atoms with Crippen LogP contribution in [0.2, 0.25) is 0 Å². The normalized spacial score (nSPS) is 10.9. The van der Waals surface area contributed by atoms with Crippen molar-refractivity contribution in [2.24, 2.45) is 0 Å². The second-order valence-corrected chi connectivity index (χ2v) is 4.43. The molecule has 2 N–H and O–H groups in total. The zero-order chi connectivity index (χ0) is 12.0. The molecule has 0 atom stereocenters. The number of hydrogen-bond donors (Lipinski definition) is 2. The second kappa shape index (κ2) is 6.46. The van der Waals surface area contributed by atoms with E-state index in [4.69, 9.17) is 0 Å². The van der Waals surface area contributed by atoms with Crippen LogP contribution in [-0.2, 0) is 6.54 Å². The van der Waals surface area contributed by atoms with Crippen molar-refractivity contribution in [1.82, 2.24) is 4.57 Å². The minimum atomic E-state index is 0.170. The van der Waals surface area contributed by atoms with E-state index in [0.717, 1.165) is 18.4 Å². The smallest absolute Gasteiger partial charge is 0.196 e. The molecule has 3 nitrogen and oxygen atoms in total. The minimum Gasteiger partial charge on any atom is -0.494 e. The Hall–Kier alpha value is -1.12. The summed E-state index contributed by atoms with van der Waals surface area (Å²) in [6, 6.07) is 1.60. The summed E-state index contributed by atoms with van der Waals surface area (Å²) in [5.41, 5.74) is 0.739. The fourth-order valence-corrected chi connectivity index (χ4v) is 1.93. The fourth-order valence-electron chi connectivity index (χ4n) is 1.93. The van der Waals surface area contributed by atoms with Gasteiger partial charge < -0.3 is 10.2 Å². The van der Waals surface area contributed by atoms with Gasteiger partial charge in [0.25, 0.3) is 0 Å². The van der Waals surface area contributed by atoms with Crippen molar-refractivity contribution in [3.05, 3.63) is 11.6 Å². The number of rotatable bonds is 7. The van der Waals surface area contributed by atoms with Gasteiger partial charge in [0, 0.05) is 18.2 Å². The molecule has 92 valence electrons. The molecule has 0 saturated heterocycles. The minimum absolute atomic E-state index is 0.170. The Morgan fingerprint density at radius 3 is 2.25 bits per heavy atom. The first-order valence-corrected chi connectivity index (χ1v) is 6.25. The van der Waals surface area contributed by atoms with Crippen molar-refractivity contribution in [3.63, 3.8) is 0 Å². The molecule has 3 heteroatoms. The number of nitrogens with zero attached hydrogens (tertiary/aromatic N) is 1. The van der Waals surface area contributed by atoms with Gasteiger partial charge in [-0.15, -0.1) is 0 Å². The van der Waals surface area contributed by atoms with Crippen LogP contribution in [0.3, 0.4) is 0 Å². The van der Waals surface area contributed by atoms with Crippen LogP contribution in [0.4, 0.5) is 0 Å². The van der Waals surface area contributed by atoms with Crippen LogP contribution in [0, 0.1) is 6.92 Å². The molecule has 1 rings (SSSR count). The molecule has 1 aromatic heterocycles. The highest BCUT2D eigenvalue weighted by Gasteiger charge is 2.09. The molecule has 16 heavy (non-hydrogen) atoms. The predicted molar refractivity (Wildman–Crippen MR) is 65.9 cm³/mol. The van der Waals surface area contributed by atoms with Crippen LogP contribution in [0.5, 0.6) is 11.8 Å². The lowest BCUT2D eigenvalue weighted by molar-refractivity contribution is 0.360. The molecule has 0 saturated carbocycles. The monoisotopic (exact) mass is 225 g/mol. The van der Waals surface area contributed by atoms with E-state index in [9.17, 15) is 10.2 Å². The topological polar surface area (TPSA) is 45.4 Å². The van der Waals surface area contributed by atoms with E-state index in [1.165, 1.54) is 25.7 Å². The number of aromatic hydroxyl groups is 2. The Balaban J connectivity index is 2.26. The van der Waals surface area contributed by atoms with Crippen LogP contribution in [0.25, 0.3) is 0 Å². The maximum absolute atomic E-state index is 9.66. The van der Waals surface area contributed by atoms with Crippen LogP contribution < -0.4 is 0 Å². The maximum atomic E-state index is 9.66. The first kappa shape index (κ1) is 12.9. The second-order valence-electron chi connectivity index (χ2n) is 4.43. The number of unbranched alkanes of at least 4 members (excludes halogenated alkanes) is 5. The predicted octanol–water partition coefficient (Wildman–Crippen LogP) is 3.57. The van der Waals surface area contributed by atoms with Crippen molar-refractivity contribution < 1.29 is 10.2 Å². The SMILES string of the molecule is CCCCCCCCn1c(O)cc(C)c1O.